The fraction of sp³-hybridized carbons (Fsp3) is 0.480. The third-order valence-corrected chi connectivity index (χ3v) is 6.46. The van der Waals surface area contributed by atoms with Crippen molar-refractivity contribution in [2.45, 2.75) is 46.3 Å². The standard InChI is InChI=1S/C25H30Cl2N6O4/c1-6-36-23(34)21-20-22(33(30-21)15(2)17-8-7-16(26)13-18(17)27)29-19(14-28-20)31-9-11-32(12-10-31)24(35)37-25(3,4)5/h7-8,13-15H,6,9-12H2,1-5H3. The molecular weight excluding hydrogens is 519 g/mol. The van der Waals surface area contributed by atoms with E-state index in [1.54, 1.807) is 34.8 Å². The lowest BCUT2D eigenvalue weighted by Gasteiger charge is -2.36. The van der Waals surface area contributed by atoms with E-state index in [1.807, 2.05) is 38.7 Å². The second-order valence-corrected chi connectivity index (χ2v) is 10.6. The molecule has 3 aromatic rings. The Kier molecular flexibility index (Phi) is 7.80. The van der Waals surface area contributed by atoms with Crippen LogP contribution in [0.5, 0.6) is 0 Å². The van der Waals surface area contributed by atoms with Gasteiger partial charge in [-0.2, -0.15) is 5.10 Å². The molecule has 1 aromatic carbocycles. The molecule has 0 radical (unpaired) electrons. The molecular formula is C25H30Cl2N6O4. The molecule has 3 heterocycles. The number of rotatable bonds is 5. The predicted molar refractivity (Wildman–Crippen MR) is 142 cm³/mol. The topological polar surface area (TPSA) is 103 Å². The van der Waals surface area contributed by atoms with Gasteiger partial charge in [-0.3, -0.25) is 0 Å². The highest BCUT2D eigenvalue weighted by molar-refractivity contribution is 6.35. The molecule has 2 aromatic heterocycles. The van der Waals surface area contributed by atoms with Gasteiger partial charge in [0.15, 0.2) is 11.3 Å². The number of carbonyl (C=O) groups excluding carboxylic acids is 2. The minimum Gasteiger partial charge on any atom is -0.461 e. The van der Waals surface area contributed by atoms with Crippen LogP contribution < -0.4 is 4.90 Å². The zero-order valence-electron chi connectivity index (χ0n) is 21.5. The first-order valence-electron chi connectivity index (χ1n) is 12.1. The van der Waals surface area contributed by atoms with E-state index >= 15 is 0 Å². The molecule has 0 bridgehead atoms. The molecule has 1 fully saturated rings. The largest absolute Gasteiger partial charge is 0.461 e. The molecule has 1 aliphatic heterocycles. The predicted octanol–water partition coefficient (Wildman–Crippen LogP) is 4.98. The Hall–Kier alpha value is -3.11. The number of piperazine rings is 1. The van der Waals surface area contributed by atoms with Crippen molar-refractivity contribution in [2.75, 3.05) is 37.7 Å². The molecule has 0 aliphatic carbocycles. The van der Waals surface area contributed by atoms with Crippen molar-refractivity contribution >= 4 is 52.2 Å². The molecule has 4 rings (SSSR count). The minimum atomic E-state index is -0.575. The van der Waals surface area contributed by atoms with Crippen LogP contribution >= 0.6 is 23.2 Å². The molecule has 1 amide bonds. The first-order chi connectivity index (χ1) is 17.5. The van der Waals surface area contributed by atoms with Gasteiger partial charge < -0.3 is 19.3 Å². The summed E-state index contributed by atoms with van der Waals surface area (Å²) in [5.74, 6) is 0.0379. The molecule has 37 heavy (non-hydrogen) atoms. The van der Waals surface area contributed by atoms with Crippen LogP contribution in [-0.2, 0) is 9.47 Å². The average Bonchev–Trinajstić information content (AvgIpc) is 3.22. The number of hydrogen-bond donors (Lipinski definition) is 0. The molecule has 12 heteroatoms. The van der Waals surface area contributed by atoms with Crippen molar-refractivity contribution in [3.05, 3.63) is 45.7 Å². The zero-order chi connectivity index (χ0) is 26.9. The highest BCUT2D eigenvalue weighted by Crippen LogP contribution is 2.31. The van der Waals surface area contributed by atoms with Gasteiger partial charge in [0.25, 0.3) is 0 Å². The lowest BCUT2D eigenvalue weighted by molar-refractivity contribution is 0.0240. The van der Waals surface area contributed by atoms with Crippen molar-refractivity contribution < 1.29 is 19.1 Å². The quantitative estimate of drug-likeness (QED) is 0.411. The molecule has 198 valence electrons. The van der Waals surface area contributed by atoms with Crippen LogP contribution in [0.25, 0.3) is 11.2 Å². The second kappa shape index (κ2) is 10.7. The van der Waals surface area contributed by atoms with Gasteiger partial charge in [0.05, 0.1) is 18.8 Å². The van der Waals surface area contributed by atoms with E-state index in [0.29, 0.717) is 53.2 Å². The van der Waals surface area contributed by atoms with E-state index in [0.717, 1.165) is 5.56 Å². The Balaban J connectivity index is 1.66. The number of nitrogens with zero attached hydrogens (tertiary/aromatic N) is 6. The highest BCUT2D eigenvalue weighted by Gasteiger charge is 2.29. The fourth-order valence-electron chi connectivity index (χ4n) is 4.08. The maximum atomic E-state index is 12.7. The smallest absolute Gasteiger partial charge is 0.410 e. The molecule has 1 aliphatic rings. The monoisotopic (exact) mass is 548 g/mol. The van der Waals surface area contributed by atoms with Gasteiger partial charge in [-0.25, -0.2) is 24.2 Å². The third kappa shape index (κ3) is 5.91. The summed E-state index contributed by atoms with van der Waals surface area (Å²) in [4.78, 5) is 38.2. The van der Waals surface area contributed by atoms with Crippen molar-refractivity contribution in [1.82, 2.24) is 24.6 Å². The Bertz CT molecular complexity index is 1310. The summed E-state index contributed by atoms with van der Waals surface area (Å²) < 4.78 is 12.3. The summed E-state index contributed by atoms with van der Waals surface area (Å²) in [6, 6.07) is 4.86. The lowest BCUT2D eigenvalue weighted by Crippen LogP contribution is -2.50. The van der Waals surface area contributed by atoms with Crippen molar-refractivity contribution in [3.63, 3.8) is 0 Å². The summed E-state index contributed by atoms with van der Waals surface area (Å²) >= 11 is 12.6. The number of aromatic nitrogens is 4. The summed E-state index contributed by atoms with van der Waals surface area (Å²) in [5, 5.41) is 5.54. The van der Waals surface area contributed by atoms with Gasteiger partial charge in [0.2, 0.25) is 0 Å². The SMILES string of the molecule is CCOC(=O)c1nn(C(C)c2ccc(Cl)cc2Cl)c2nc(N3CCN(C(=O)OC(C)(C)C)CC3)cnc12. The van der Waals surface area contributed by atoms with Crippen LogP contribution in [0, 0.1) is 0 Å². The Morgan fingerprint density at radius 1 is 1.14 bits per heavy atom. The molecule has 1 unspecified atom stereocenters. The highest BCUT2D eigenvalue weighted by atomic mass is 35.5. The number of hydrogen-bond acceptors (Lipinski definition) is 8. The number of halogens is 2. The van der Waals surface area contributed by atoms with Crippen molar-refractivity contribution in [3.8, 4) is 0 Å². The van der Waals surface area contributed by atoms with E-state index in [1.165, 1.54) is 0 Å². The van der Waals surface area contributed by atoms with Crippen LogP contribution in [0.15, 0.2) is 24.4 Å². The number of benzene rings is 1. The van der Waals surface area contributed by atoms with Crippen LogP contribution in [0.3, 0.4) is 0 Å². The van der Waals surface area contributed by atoms with Crippen molar-refractivity contribution in [1.29, 1.82) is 0 Å². The number of amides is 1. The van der Waals surface area contributed by atoms with E-state index in [9.17, 15) is 9.59 Å². The number of fused-ring (bicyclic) bond motifs is 1. The second-order valence-electron chi connectivity index (χ2n) is 9.71. The minimum absolute atomic E-state index is 0.0857. The number of esters is 1. The molecule has 1 atom stereocenters. The van der Waals surface area contributed by atoms with E-state index in [2.05, 4.69) is 10.1 Å². The Labute approximate surface area is 225 Å². The maximum Gasteiger partial charge on any atom is 0.410 e. The van der Waals surface area contributed by atoms with Gasteiger partial charge in [-0.05, 0) is 52.3 Å². The fourth-order valence-corrected chi connectivity index (χ4v) is 4.64. The molecule has 0 saturated carbocycles. The van der Waals surface area contributed by atoms with E-state index < -0.39 is 11.6 Å². The Morgan fingerprint density at radius 3 is 2.46 bits per heavy atom. The summed E-state index contributed by atoms with van der Waals surface area (Å²) in [6.07, 6.45) is 1.28. The van der Waals surface area contributed by atoms with E-state index in [-0.39, 0.29) is 24.4 Å². The number of carbonyl (C=O) groups is 2. The van der Waals surface area contributed by atoms with E-state index in [4.69, 9.17) is 37.7 Å². The van der Waals surface area contributed by atoms with Crippen molar-refractivity contribution in [2.24, 2.45) is 0 Å². The third-order valence-electron chi connectivity index (χ3n) is 5.89. The molecule has 1 saturated heterocycles. The van der Waals surface area contributed by atoms with Crippen LogP contribution in [0.2, 0.25) is 10.0 Å². The molecule has 10 nitrogen and oxygen atoms in total. The maximum absolute atomic E-state index is 12.7. The normalized spacial score (nSPS) is 15.1. The van der Waals surface area contributed by atoms with Gasteiger partial charge in [-0.1, -0.05) is 29.3 Å². The van der Waals surface area contributed by atoms with Gasteiger partial charge in [-0.15, -0.1) is 0 Å². The average molecular weight is 549 g/mol. The van der Waals surface area contributed by atoms with Crippen LogP contribution in [0.4, 0.5) is 10.6 Å². The van der Waals surface area contributed by atoms with Gasteiger partial charge in [0, 0.05) is 36.2 Å². The summed E-state index contributed by atoms with van der Waals surface area (Å²) in [7, 11) is 0. The van der Waals surface area contributed by atoms with Crippen LogP contribution in [0.1, 0.15) is 56.7 Å². The van der Waals surface area contributed by atoms with Crippen LogP contribution in [-0.4, -0.2) is 75.1 Å². The summed E-state index contributed by atoms with van der Waals surface area (Å²) in [6.45, 7) is 11.5. The Morgan fingerprint density at radius 2 is 1.84 bits per heavy atom. The first-order valence-corrected chi connectivity index (χ1v) is 12.8. The lowest BCUT2D eigenvalue weighted by atomic mass is 10.1. The molecule has 0 N–H and O–H groups in total. The van der Waals surface area contributed by atoms with Gasteiger partial charge >= 0.3 is 12.1 Å². The zero-order valence-corrected chi connectivity index (χ0v) is 23.0. The molecule has 0 spiro atoms. The summed E-state index contributed by atoms with van der Waals surface area (Å²) in [5.41, 5.74) is 1.07. The number of anilines is 1. The van der Waals surface area contributed by atoms with Gasteiger partial charge in [0.1, 0.15) is 16.9 Å². The number of ether oxygens (including phenoxy) is 2. The first kappa shape index (κ1) is 26.9.